The van der Waals surface area contributed by atoms with Crippen LogP contribution in [0.3, 0.4) is 0 Å². The maximum absolute atomic E-state index is 14.6. The van der Waals surface area contributed by atoms with Crippen molar-refractivity contribution in [3.05, 3.63) is 34.8 Å². The Morgan fingerprint density at radius 1 is 1.09 bits per heavy atom. The Morgan fingerprint density at radius 3 is 2.52 bits per heavy atom. The number of fused-ring (bicyclic) bond motifs is 3. The zero-order chi connectivity index (χ0) is 40.6. The Hall–Kier alpha value is -4.12. The second-order valence-electron chi connectivity index (χ2n) is 16.3. The molecule has 6 rings (SSSR count). The molecule has 306 valence electrons. The second kappa shape index (κ2) is 16.4. The maximum Gasteiger partial charge on any atom is 0.408 e. The van der Waals surface area contributed by atoms with Crippen LogP contribution in [0, 0.1) is 5.92 Å². The van der Waals surface area contributed by atoms with Gasteiger partial charge in [0, 0.05) is 23.8 Å². The highest BCUT2D eigenvalue weighted by molar-refractivity contribution is 9.10. The first-order chi connectivity index (χ1) is 26.4. The molecule has 1 saturated heterocycles. The number of pyridine rings is 1. The summed E-state index contributed by atoms with van der Waals surface area (Å²) in [6.45, 7) is 8.88. The first-order valence-electron chi connectivity index (χ1n) is 19.3. The van der Waals surface area contributed by atoms with E-state index in [1.54, 1.807) is 46.1 Å². The number of ether oxygens (including phenoxy) is 4. The van der Waals surface area contributed by atoms with Crippen molar-refractivity contribution in [2.75, 3.05) is 13.7 Å². The molecule has 4 amide bonds. The van der Waals surface area contributed by atoms with Crippen molar-refractivity contribution in [3.63, 3.8) is 0 Å². The lowest BCUT2D eigenvalue weighted by Crippen LogP contribution is -2.58. The number of nitrogens with zero attached hydrogens (tertiary/aromatic N) is 2. The molecule has 0 spiro atoms. The monoisotopic (exact) mass is 861 g/mol. The Kier molecular flexibility index (Phi) is 12.2. The molecule has 3 heterocycles. The number of methoxy groups -OCH3 is 1. The molecule has 2 saturated carbocycles. The summed E-state index contributed by atoms with van der Waals surface area (Å²) in [5, 5.41) is 5.62. The average molecular weight is 863 g/mol. The predicted molar refractivity (Wildman–Crippen MR) is 211 cm³/mol. The van der Waals surface area contributed by atoms with Crippen LogP contribution in [0.25, 0.3) is 10.9 Å². The summed E-state index contributed by atoms with van der Waals surface area (Å²) >= 11 is 3.59. The average Bonchev–Trinajstić information content (AvgIpc) is 4.03. The summed E-state index contributed by atoms with van der Waals surface area (Å²) in [6.07, 6.45) is 6.39. The van der Waals surface area contributed by atoms with Crippen LogP contribution in [0.5, 0.6) is 17.4 Å². The van der Waals surface area contributed by atoms with Crippen molar-refractivity contribution in [1.82, 2.24) is 25.2 Å². The quantitative estimate of drug-likeness (QED) is 0.287. The number of carbonyl (C=O) groups excluding carboxylic acids is 4. The van der Waals surface area contributed by atoms with Crippen LogP contribution in [-0.2, 0) is 29.1 Å². The van der Waals surface area contributed by atoms with E-state index in [0.29, 0.717) is 64.9 Å². The Balaban J connectivity index is 1.35. The van der Waals surface area contributed by atoms with Gasteiger partial charge in [0.25, 0.3) is 5.91 Å². The van der Waals surface area contributed by atoms with Crippen LogP contribution in [-0.4, -0.2) is 96.5 Å². The fourth-order valence-corrected chi connectivity index (χ4v) is 9.18. The molecule has 2 aromatic rings. The van der Waals surface area contributed by atoms with Gasteiger partial charge in [-0.05, 0) is 101 Å². The van der Waals surface area contributed by atoms with E-state index in [1.807, 2.05) is 26.0 Å². The summed E-state index contributed by atoms with van der Waals surface area (Å²) in [6, 6.07) is 3.06. The molecule has 15 nitrogen and oxygen atoms in total. The number of halogens is 1. The fraction of sp³-hybridized carbons (Fsp3) is 0.615. The highest BCUT2D eigenvalue weighted by atomic mass is 79.9. The van der Waals surface area contributed by atoms with Gasteiger partial charge in [0.1, 0.15) is 40.8 Å². The molecule has 0 radical (unpaired) electrons. The summed E-state index contributed by atoms with van der Waals surface area (Å²) in [4.78, 5) is 62.0. The summed E-state index contributed by atoms with van der Waals surface area (Å²) < 4.78 is 52.2. The van der Waals surface area contributed by atoms with E-state index >= 15 is 0 Å². The van der Waals surface area contributed by atoms with Crippen molar-refractivity contribution < 1.29 is 46.5 Å². The largest absolute Gasteiger partial charge is 0.495 e. The number of rotatable bonds is 9. The van der Waals surface area contributed by atoms with E-state index in [4.69, 9.17) is 18.9 Å². The zero-order valence-corrected chi connectivity index (χ0v) is 35.1. The van der Waals surface area contributed by atoms with E-state index in [1.165, 1.54) is 4.90 Å². The van der Waals surface area contributed by atoms with Gasteiger partial charge in [-0.15, -0.1) is 0 Å². The first-order valence-corrected chi connectivity index (χ1v) is 21.6. The topological polar surface area (TPSA) is 192 Å². The molecular formula is C39H52BrN5O10S. The van der Waals surface area contributed by atoms with Crippen molar-refractivity contribution in [2.24, 2.45) is 5.92 Å². The number of alkyl carbamates (subject to hydrolysis) is 1. The van der Waals surface area contributed by atoms with Crippen LogP contribution in [0.4, 0.5) is 4.79 Å². The van der Waals surface area contributed by atoms with Gasteiger partial charge in [0.2, 0.25) is 27.7 Å². The molecule has 0 bridgehead atoms. The fourth-order valence-electron chi connectivity index (χ4n) is 7.22. The van der Waals surface area contributed by atoms with E-state index in [9.17, 15) is 27.6 Å². The number of sulfonamides is 1. The Labute approximate surface area is 336 Å². The van der Waals surface area contributed by atoms with Gasteiger partial charge < -0.3 is 34.5 Å². The number of aromatic nitrogens is 1. The highest BCUT2D eigenvalue weighted by Gasteiger charge is 2.62. The van der Waals surface area contributed by atoms with E-state index < -0.39 is 74.3 Å². The Morgan fingerprint density at radius 2 is 1.84 bits per heavy atom. The second-order valence-corrected chi connectivity index (χ2v) is 19.1. The molecule has 3 N–H and O–H groups in total. The molecule has 2 aliphatic heterocycles. The minimum Gasteiger partial charge on any atom is -0.495 e. The molecule has 56 heavy (non-hydrogen) atoms. The van der Waals surface area contributed by atoms with Crippen LogP contribution >= 0.6 is 15.9 Å². The standard InChI is InChI=1S/C39H52BrN5O10S/c1-22(2)53-31-19-30(26-16-17-29(52-6)32(40)33(26)42-31)54-24-18-28-34(46)43-39(36(48)44-56(50,51)25-14-15-25)20-23(39)12-10-8-7-9-11-13-27(35(47)45(28)21-24)41-37(49)55-38(3,4)5/h10,12,16-17,19,22-25,27-28H,7-9,11,13-15,18,20-21H2,1-6H3,(H,41,49)(H,43,46)(H,44,48)/b12-10-/t23?,24-,27+,28+,39-/m1/s1. The van der Waals surface area contributed by atoms with Gasteiger partial charge in [-0.3, -0.25) is 19.1 Å². The van der Waals surface area contributed by atoms with E-state index in [-0.39, 0.29) is 25.5 Å². The normalized spacial score (nSPS) is 26.5. The van der Waals surface area contributed by atoms with Crippen molar-refractivity contribution in [2.45, 2.75) is 133 Å². The lowest BCUT2D eigenvalue weighted by atomic mass is 10.0. The number of nitrogens with one attached hydrogen (secondary N) is 3. The summed E-state index contributed by atoms with van der Waals surface area (Å²) in [7, 11) is -2.36. The Bertz CT molecular complexity index is 2000. The van der Waals surface area contributed by atoms with E-state index in [2.05, 4.69) is 36.3 Å². The van der Waals surface area contributed by atoms with Gasteiger partial charge in [-0.2, -0.15) is 0 Å². The number of carbonyl (C=O) groups is 4. The lowest BCUT2D eigenvalue weighted by Gasteiger charge is -2.30. The SMILES string of the molecule is COc1ccc2c(O[C@@H]3C[C@H]4C(=O)N[C@]5(C(=O)NS(=O)(=O)C6CC6)CC5/C=C\CCCCC[C@H](NC(=O)OC(C)(C)C)C(=O)N4C3)cc(OC(C)C)nc2c1Br. The first kappa shape index (κ1) is 41.5. The van der Waals surface area contributed by atoms with Gasteiger partial charge >= 0.3 is 6.09 Å². The molecule has 5 atom stereocenters. The summed E-state index contributed by atoms with van der Waals surface area (Å²) in [5.41, 5.74) is -1.82. The zero-order valence-electron chi connectivity index (χ0n) is 32.7. The summed E-state index contributed by atoms with van der Waals surface area (Å²) in [5.74, 6) is -1.15. The van der Waals surface area contributed by atoms with Crippen LogP contribution < -0.4 is 29.6 Å². The van der Waals surface area contributed by atoms with Crippen molar-refractivity contribution in [3.8, 4) is 17.4 Å². The molecule has 2 aliphatic carbocycles. The molecule has 1 unspecified atom stereocenters. The predicted octanol–water partition coefficient (Wildman–Crippen LogP) is 5.04. The van der Waals surface area contributed by atoms with Crippen LogP contribution in [0.2, 0.25) is 0 Å². The van der Waals surface area contributed by atoms with Gasteiger partial charge in [-0.1, -0.05) is 25.0 Å². The maximum atomic E-state index is 14.6. The number of amides is 4. The molecule has 1 aromatic carbocycles. The van der Waals surface area contributed by atoms with E-state index in [0.717, 1.165) is 12.8 Å². The molecular weight excluding hydrogens is 810 g/mol. The van der Waals surface area contributed by atoms with Crippen LogP contribution in [0.15, 0.2) is 34.8 Å². The number of benzene rings is 1. The van der Waals surface area contributed by atoms with Crippen molar-refractivity contribution in [1.29, 1.82) is 0 Å². The number of hydrogen-bond donors (Lipinski definition) is 3. The molecule has 3 fully saturated rings. The van der Waals surface area contributed by atoms with Crippen molar-refractivity contribution >= 4 is 60.7 Å². The smallest absolute Gasteiger partial charge is 0.408 e. The minimum atomic E-state index is -3.91. The molecule has 4 aliphatic rings. The molecule has 17 heteroatoms. The number of hydrogen-bond acceptors (Lipinski definition) is 11. The lowest BCUT2D eigenvalue weighted by molar-refractivity contribution is -0.141. The van der Waals surface area contributed by atoms with Gasteiger partial charge in [-0.25, -0.2) is 18.2 Å². The third-order valence-electron chi connectivity index (χ3n) is 10.2. The van der Waals surface area contributed by atoms with Gasteiger partial charge in [0.05, 0.1) is 35.0 Å². The highest BCUT2D eigenvalue weighted by Crippen LogP contribution is 2.46. The third kappa shape index (κ3) is 9.52. The number of allylic oxidation sites excluding steroid dienone is 1. The minimum absolute atomic E-state index is 0.0246. The molecule has 1 aromatic heterocycles. The van der Waals surface area contributed by atoms with Gasteiger partial charge in [0.15, 0.2) is 0 Å². The van der Waals surface area contributed by atoms with Crippen LogP contribution in [0.1, 0.15) is 92.4 Å². The third-order valence-corrected chi connectivity index (χ3v) is 12.8.